The number of aryl methyl sites for hydroxylation is 1. The summed E-state index contributed by atoms with van der Waals surface area (Å²) in [6, 6.07) is 12.0. The fraction of sp³-hybridized carbons (Fsp3) is 0.360. The number of nitrogens with zero attached hydrogens (tertiary/aromatic N) is 2. The number of hydrazine groups is 1. The zero-order valence-corrected chi connectivity index (χ0v) is 22.5. The van der Waals surface area contributed by atoms with Gasteiger partial charge >= 0.3 is 0 Å². The van der Waals surface area contributed by atoms with E-state index in [9.17, 15) is 19.2 Å². The smallest absolute Gasteiger partial charge is 0.273 e. The third-order valence-electron chi connectivity index (χ3n) is 6.49. The number of imide groups is 1. The maximum absolute atomic E-state index is 13.7. The quantitative estimate of drug-likeness (QED) is 0.265. The molecule has 1 aliphatic carbocycles. The second kappa shape index (κ2) is 9.91. The molecule has 0 bridgehead atoms. The summed E-state index contributed by atoms with van der Waals surface area (Å²) in [6.07, 6.45) is 0.926. The molecule has 0 unspecified atom stereocenters. The number of amides is 3. The molecule has 1 aliphatic heterocycles. The molecule has 2 fully saturated rings. The summed E-state index contributed by atoms with van der Waals surface area (Å²) in [5.74, 6) is -2.99. The lowest BCUT2D eigenvalue weighted by Gasteiger charge is -2.34. The van der Waals surface area contributed by atoms with Crippen LogP contribution >= 0.6 is 43.5 Å². The number of hydrogen-bond acceptors (Lipinski definition) is 4. The highest BCUT2D eigenvalue weighted by molar-refractivity contribution is 9.12. The largest absolute Gasteiger partial charge is 0.292 e. The highest BCUT2D eigenvalue weighted by Gasteiger charge is 2.55. The van der Waals surface area contributed by atoms with E-state index in [1.54, 1.807) is 43.3 Å². The van der Waals surface area contributed by atoms with Gasteiger partial charge in [-0.05, 0) is 51.0 Å². The van der Waals surface area contributed by atoms with Crippen molar-refractivity contribution >= 4 is 67.0 Å². The Morgan fingerprint density at radius 2 is 1.38 bits per heavy atom. The molecule has 34 heavy (non-hydrogen) atoms. The molecule has 178 valence electrons. The van der Waals surface area contributed by atoms with Crippen LogP contribution in [0.15, 0.2) is 48.5 Å². The molecular weight excluding hydrogens is 588 g/mol. The lowest BCUT2D eigenvalue weighted by Crippen LogP contribution is -2.56. The Kier molecular flexibility index (Phi) is 7.31. The number of benzene rings is 2. The first-order chi connectivity index (χ1) is 16.1. The number of carbonyl (C=O) groups is 4. The van der Waals surface area contributed by atoms with E-state index in [0.717, 1.165) is 15.6 Å². The molecule has 2 aromatic carbocycles. The minimum absolute atomic E-state index is 0.0254. The number of alkyl halides is 2. The predicted molar refractivity (Wildman–Crippen MR) is 136 cm³/mol. The molecular formula is C25H23Br2ClN2O4. The highest BCUT2D eigenvalue weighted by Crippen LogP contribution is 2.44. The Balaban J connectivity index is 1.74. The topological polar surface area (TPSA) is 74.8 Å². The van der Waals surface area contributed by atoms with Gasteiger partial charge in [0.25, 0.3) is 17.7 Å². The number of Topliss-reactive ketones (excluding diaryl/α,β-unsaturated/α-hetero) is 1. The molecule has 0 aromatic heterocycles. The molecule has 0 radical (unpaired) electrons. The number of ketones is 1. The van der Waals surface area contributed by atoms with Crippen LogP contribution < -0.4 is 0 Å². The normalized spacial score (nSPS) is 25.1. The van der Waals surface area contributed by atoms with Crippen molar-refractivity contribution < 1.29 is 19.2 Å². The van der Waals surface area contributed by atoms with E-state index in [2.05, 4.69) is 31.9 Å². The molecule has 1 saturated heterocycles. The van der Waals surface area contributed by atoms with Gasteiger partial charge in [0.15, 0.2) is 5.78 Å². The van der Waals surface area contributed by atoms with Gasteiger partial charge < -0.3 is 0 Å². The molecule has 2 aliphatic rings. The van der Waals surface area contributed by atoms with Gasteiger partial charge in [-0.2, -0.15) is 5.01 Å². The van der Waals surface area contributed by atoms with Gasteiger partial charge in [0, 0.05) is 25.8 Å². The maximum atomic E-state index is 13.7. The Morgan fingerprint density at radius 1 is 0.912 bits per heavy atom. The monoisotopic (exact) mass is 608 g/mol. The van der Waals surface area contributed by atoms with Crippen molar-refractivity contribution in [1.29, 1.82) is 0 Å². The highest BCUT2D eigenvalue weighted by atomic mass is 79.9. The molecule has 0 spiro atoms. The van der Waals surface area contributed by atoms with E-state index in [1.807, 2.05) is 6.92 Å². The Morgan fingerprint density at radius 3 is 1.88 bits per heavy atom. The van der Waals surface area contributed by atoms with Crippen LogP contribution in [0.4, 0.5) is 0 Å². The second-order valence-electron chi connectivity index (χ2n) is 8.77. The van der Waals surface area contributed by atoms with Crippen LogP contribution in [0.25, 0.3) is 0 Å². The Labute approximate surface area is 219 Å². The molecule has 0 N–H and O–H groups in total. The summed E-state index contributed by atoms with van der Waals surface area (Å²) >= 11 is 13.1. The zero-order chi connectivity index (χ0) is 24.7. The number of fused-ring (bicyclic) bond motifs is 1. The van der Waals surface area contributed by atoms with Gasteiger partial charge in [0.1, 0.15) is 6.04 Å². The Hall–Kier alpha value is -2.03. The van der Waals surface area contributed by atoms with Gasteiger partial charge in [-0.1, -0.05) is 73.3 Å². The van der Waals surface area contributed by atoms with Crippen molar-refractivity contribution in [3.05, 3.63) is 70.2 Å². The molecule has 5 atom stereocenters. The fourth-order valence-electron chi connectivity index (χ4n) is 4.52. The van der Waals surface area contributed by atoms with Crippen molar-refractivity contribution in [2.45, 2.75) is 42.4 Å². The third kappa shape index (κ3) is 4.60. The number of halogens is 3. The number of hydrogen-bond donors (Lipinski definition) is 0. The van der Waals surface area contributed by atoms with Crippen molar-refractivity contribution in [1.82, 2.24) is 10.0 Å². The average molecular weight is 611 g/mol. The molecule has 1 saturated carbocycles. The van der Waals surface area contributed by atoms with Gasteiger partial charge in [-0.25, -0.2) is 5.01 Å². The van der Waals surface area contributed by atoms with E-state index in [4.69, 9.17) is 11.6 Å². The summed E-state index contributed by atoms with van der Waals surface area (Å²) in [5, 5.41) is 2.38. The van der Waals surface area contributed by atoms with Crippen LogP contribution in [0.1, 0.15) is 46.0 Å². The third-order valence-corrected chi connectivity index (χ3v) is 9.47. The van der Waals surface area contributed by atoms with Crippen LogP contribution in [0.2, 0.25) is 5.02 Å². The Bertz CT molecular complexity index is 1110. The lowest BCUT2D eigenvalue weighted by atomic mass is 9.81. The van der Waals surface area contributed by atoms with Crippen LogP contribution in [0.3, 0.4) is 0 Å². The molecule has 2 aromatic rings. The van der Waals surface area contributed by atoms with Gasteiger partial charge in [0.05, 0.1) is 11.8 Å². The summed E-state index contributed by atoms with van der Waals surface area (Å²) in [5.41, 5.74) is 1.60. The SMILES string of the molecule is Cc1ccc(C(=O)[C@H](C)N(C(=O)c2ccc(Cl)cc2)N2C(=O)[C@H]3C[C@@H](Br)[C@@H](Br)C[C@H]3C2=O)cc1. The van der Waals surface area contributed by atoms with Gasteiger partial charge in [-0.3, -0.25) is 19.2 Å². The van der Waals surface area contributed by atoms with E-state index in [-0.39, 0.29) is 21.0 Å². The number of rotatable bonds is 5. The van der Waals surface area contributed by atoms with Crippen LogP contribution in [-0.2, 0) is 9.59 Å². The number of carbonyl (C=O) groups excluding carboxylic acids is 4. The van der Waals surface area contributed by atoms with E-state index >= 15 is 0 Å². The zero-order valence-electron chi connectivity index (χ0n) is 18.6. The van der Waals surface area contributed by atoms with Crippen LogP contribution in [-0.4, -0.2) is 49.2 Å². The molecule has 4 rings (SSSR count). The maximum Gasteiger partial charge on any atom is 0.273 e. The summed E-state index contributed by atoms with van der Waals surface area (Å²) in [4.78, 5) is 54.1. The van der Waals surface area contributed by atoms with Crippen molar-refractivity contribution in [2.75, 3.05) is 0 Å². The second-order valence-corrected chi connectivity index (χ2v) is 11.6. The van der Waals surface area contributed by atoms with E-state index < -0.39 is 35.6 Å². The minimum atomic E-state index is -1.08. The van der Waals surface area contributed by atoms with Crippen molar-refractivity contribution in [3.8, 4) is 0 Å². The predicted octanol–water partition coefficient (Wildman–Crippen LogP) is 5.20. The summed E-state index contributed by atoms with van der Waals surface area (Å²) in [7, 11) is 0. The van der Waals surface area contributed by atoms with Crippen LogP contribution in [0, 0.1) is 18.8 Å². The lowest BCUT2D eigenvalue weighted by molar-refractivity contribution is -0.156. The van der Waals surface area contributed by atoms with Gasteiger partial charge in [0.2, 0.25) is 0 Å². The molecule has 3 amide bonds. The summed E-state index contributed by atoms with van der Waals surface area (Å²) < 4.78 is 0. The van der Waals surface area contributed by atoms with E-state index in [0.29, 0.717) is 23.4 Å². The first-order valence-corrected chi connectivity index (χ1v) is 13.2. The average Bonchev–Trinajstić information content (AvgIpc) is 3.04. The first kappa shape index (κ1) is 25.1. The summed E-state index contributed by atoms with van der Waals surface area (Å²) in [6.45, 7) is 3.45. The van der Waals surface area contributed by atoms with E-state index in [1.165, 1.54) is 12.1 Å². The molecule has 1 heterocycles. The standard InChI is InChI=1S/C25H23Br2ClN2O4/c1-13-3-5-15(6-4-13)22(31)14(2)29(23(32)16-7-9-17(28)10-8-16)30-24(33)18-11-20(26)21(27)12-19(18)25(30)34/h3-10,14,18-21H,11-12H2,1-2H3/t14-,18-,19+,20+,21-/m0/s1. The molecule has 9 heteroatoms. The van der Waals surface area contributed by atoms with Crippen LogP contribution in [0.5, 0.6) is 0 Å². The van der Waals surface area contributed by atoms with Gasteiger partial charge in [-0.15, -0.1) is 0 Å². The first-order valence-electron chi connectivity index (χ1n) is 11.0. The van der Waals surface area contributed by atoms with Crippen molar-refractivity contribution in [3.63, 3.8) is 0 Å². The minimum Gasteiger partial charge on any atom is -0.292 e. The molecule has 6 nitrogen and oxygen atoms in total. The van der Waals surface area contributed by atoms with Crippen molar-refractivity contribution in [2.24, 2.45) is 11.8 Å². The fourth-order valence-corrected chi connectivity index (χ4v) is 5.89.